The van der Waals surface area contributed by atoms with Crippen LogP contribution in [-0.4, -0.2) is 17.8 Å². The zero-order chi connectivity index (χ0) is 11.6. The van der Waals surface area contributed by atoms with Gasteiger partial charge in [0.05, 0.1) is 0 Å². The summed E-state index contributed by atoms with van der Waals surface area (Å²) in [5.41, 5.74) is 1.47. The highest BCUT2D eigenvalue weighted by Crippen LogP contribution is 2.48. The third-order valence-electron chi connectivity index (χ3n) is 3.28. The van der Waals surface area contributed by atoms with Crippen molar-refractivity contribution in [2.75, 3.05) is 7.05 Å². The first kappa shape index (κ1) is 12.0. The zero-order valence-corrected chi connectivity index (χ0v) is 11.2. The Morgan fingerprint density at radius 1 is 1.25 bits per heavy atom. The number of nitrogens with one attached hydrogen (secondary N) is 1. The second kappa shape index (κ2) is 4.80. The largest absolute Gasteiger partial charge is 0.317 e. The summed E-state index contributed by atoms with van der Waals surface area (Å²) < 4.78 is 0.381. The molecule has 1 aliphatic heterocycles. The topological polar surface area (TPSA) is 12.0 Å². The summed E-state index contributed by atoms with van der Waals surface area (Å²) in [6.45, 7) is 4.72. The van der Waals surface area contributed by atoms with Crippen LogP contribution in [0.2, 0.25) is 0 Å². The highest BCUT2D eigenvalue weighted by atomic mass is 32.2. The van der Waals surface area contributed by atoms with E-state index in [4.69, 9.17) is 0 Å². The summed E-state index contributed by atoms with van der Waals surface area (Å²) in [6.07, 6.45) is 2.51. The van der Waals surface area contributed by atoms with Crippen LogP contribution in [0.5, 0.6) is 0 Å². The van der Waals surface area contributed by atoms with E-state index in [1.807, 2.05) is 0 Å². The number of thioether (sulfide) groups is 1. The molecule has 1 heterocycles. The highest BCUT2D eigenvalue weighted by Gasteiger charge is 2.34. The molecule has 1 fully saturated rings. The van der Waals surface area contributed by atoms with Gasteiger partial charge < -0.3 is 5.32 Å². The molecule has 1 saturated heterocycles. The van der Waals surface area contributed by atoms with Gasteiger partial charge in [0, 0.05) is 16.0 Å². The molecule has 88 valence electrons. The van der Waals surface area contributed by atoms with Crippen molar-refractivity contribution >= 4 is 11.8 Å². The van der Waals surface area contributed by atoms with Crippen LogP contribution in [0.25, 0.3) is 0 Å². The number of benzene rings is 1. The molecule has 2 atom stereocenters. The number of hydrogen-bond donors (Lipinski definition) is 1. The van der Waals surface area contributed by atoms with Crippen molar-refractivity contribution in [2.45, 2.75) is 42.7 Å². The molecule has 2 rings (SSSR count). The molecule has 0 radical (unpaired) electrons. The van der Waals surface area contributed by atoms with Crippen LogP contribution < -0.4 is 5.32 Å². The van der Waals surface area contributed by atoms with E-state index in [-0.39, 0.29) is 0 Å². The summed E-state index contributed by atoms with van der Waals surface area (Å²) in [5.74, 6) is 0. The lowest BCUT2D eigenvalue weighted by atomic mass is 9.95. The quantitative estimate of drug-likeness (QED) is 0.840. The molecule has 1 aliphatic rings. The molecule has 0 spiro atoms. The van der Waals surface area contributed by atoms with Gasteiger partial charge >= 0.3 is 0 Å². The van der Waals surface area contributed by atoms with E-state index < -0.39 is 0 Å². The molecule has 1 nitrogen and oxygen atoms in total. The maximum atomic E-state index is 3.45. The van der Waals surface area contributed by atoms with E-state index in [1.54, 1.807) is 0 Å². The van der Waals surface area contributed by atoms with E-state index in [9.17, 15) is 0 Å². The Bertz CT molecular complexity index is 334. The van der Waals surface area contributed by atoms with E-state index in [2.05, 4.69) is 68.3 Å². The molecule has 1 aromatic carbocycles. The van der Waals surface area contributed by atoms with Crippen molar-refractivity contribution in [2.24, 2.45) is 0 Å². The maximum Gasteiger partial charge on any atom is 0.0317 e. The monoisotopic (exact) mass is 235 g/mol. The van der Waals surface area contributed by atoms with Crippen molar-refractivity contribution < 1.29 is 0 Å². The summed E-state index contributed by atoms with van der Waals surface area (Å²) in [6, 6.07) is 11.5. The van der Waals surface area contributed by atoms with E-state index in [1.165, 1.54) is 18.4 Å². The van der Waals surface area contributed by atoms with E-state index >= 15 is 0 Å². The van der Waals surface area contributed by atoms with Gasteiger partial charge in [-0.25, -0.2) is 0 Å². The Morgan fingerprint density at radius 3 is 2.56 bits per heavy atom. The Hall–Kier alpha value is -0.470. The van der Waals surface area contributed by atoms with Gasteiger partial charge in [0.1, 0.15) is 0 Å². The molecular weight excluding hydrogens is 214 g/mol. The van der Waals surface area contributed by atoms with Gasteiger partial charge in [-0.2, -0.15) is 0 Å². The van der Waals surface area contributed by atoms with Gasteiger partial charge in [-0.3, -0.25) is 0 Å². The van der Waals surface area contributed by atoms with Gasteiger partial charge in [0.25, 0.3) is 0 Å². The smallest absolute Gasteiger partial charge is 0.0317 e. The van der Waals surface area contributed by atoms with E-state index in [0.29, 0.717) is 16.0 Å². The van der Waals surface area contributed by atoms with Crippen LogP contribution in [-0.2, 0) is 0 Å². The Kier molecular flexibility index (Phi) is 3.60. The Labute approximate surface area is 103 Å². The molecule has 0 amide bonds. The summed E-state index contributed by atoms with van der Waals surface area (Å²) in [7, 11) is 2.08. The van der Waals surface area contributed by atoms with Crippen molar-refractivity contribution in [3.63, 3.8) is 0 Å². The zero-order valence-electron chi connectivity index (χ0n) is 10.4. The normalized spacial score (nSPS) is 28.9. The number of hydrogen-bond acceptors (Lipinski definition) is 2. The SMILES string of the molecule is CNC1CC(c2ccccc2)SC(C)(C)C1. The van der Waals surface area contributed by atoms with E-state index in [0.717, 1.165) is 0 Å². The lowest BCUT2D eigenvalue weighted by molar-refractivity contribution is 0.419. The Balaban J connectivity index is 2.16. The van der Waals surface area contributed by atoms with Gasteiger partial charge in [-0.15, -0.1) is 11.8 Å². The Morgan fingerprint density at radius 2 is 1.94 bits per heavy atom. The van der Waals surface area contributed by atoms with Gasteiger partial charge in [0.15, 0.2) is 0 Å². The summed E-state index contributed by atoms with van der Waals surface area (Å²) in [5, 5.41) is 4.09. The first-order valence-corrected chi connectivity index (χ1v) is 6.89. The summed E-state index contributed by atoms with van der Waals surface area (Å²) >= 11 is 2.12. The van der Waals surface area contributed by atoms with Crippen molar-refractivity contribution in [3.05, 3.63) is 35.9 Å². The molecule has 2 heteroatoms. The van der Waals surface area contributed by atoms with Crippen molar-refractivity contribution in [1.82, 2.24) is 5.32 Å². The molecule has 1 aromatic rings. The van der Waals surface area contributed by atoms with Gasteiger partial charge in [-0.1, -0.05) is 44.2 Å². The molecule has 0 saturated carbocycles. The average molecular weight is 235 g/mol. The molecule has 0 aromatic heterocycles. The standard InChI is InChI=1S/C14H21NS/c1-14(2)10-12(15-3)9-13(16-14)11-7-5-4-6-8-11/h4-8,12-13,15H,9-10H2,1-3H3. The third kappa shape index (κ3) is 2.80. The first-order chi connectivity index (χ1) is 7.61. The van der Waals surface area contributed by atoms with Crippen molar-refractivity contribution in [1.29, 1.82) is 0 Å². The van der Waals surface area contributed by atoms with Gasteiger partial charge in [-0.05, 0) is 25.5 Å². The molecular formula is C14H21NS. The average Bonchev–Trinajstić information content (AvgIpc) is 2.28. The molecule has 16 heavy (non-hydrogen) atoms. The third-order valence-corrected chi connectivity index (χ3v) is 4.83. The van der Waals surface area contributed by atoms with Crippen LogP contribution in [0.15, 0.2) is 30.3 Å². The first-order valence-electron chi connectivity index (χ1n) is 6.01. The predicted molar refractivity (Wildman–Crippen MR) is 72.9 cm³/mol. The molecule has 0 aliphatic carbocycles. The van der Waals surface area contributed by atoms with Crippen LogP contribution in [0.4, 0.5) is 0 Å². The minimum absolute atomic E-state index is 0.381. The predicted octanol–water partition coefficient (Wildman–Crippen LogP) is 3.62. The maximum absolute atomic E-state index is 3.45. The molecule has 1 N–H and O–H groups in total. The van der Waals surface area contributed by atoms with Gasteiger partial charge in [0.2, 0.25) is 0 Å². The number of rotatable bonds is 2. The second-order valence-corrected chi connectivity index (χ2v) is 7.11. The minimum atomic E-state index is 0.381. The minimum Gasteiger partial charge on any atom is -0.317 e. The van der Waals surface area contributed by atoms with Crippen molar-refractivity contribution in [3.8, 4) is 0 Å². The summed E-state index contributed by atoms with van der Waals surface area (Å²) in [4.78, 5) is 0. The fourth-order valence-corrected chi connectivity index (χ4v) is 4.20. The second-order valence-electron chi connectivity index (χ2n) is 5.20. The molecule has 2 unspecified atom stereocenters. The highest BCUT2D eigenvalue weighted by molar-refractivity contribution is 8.00. The lowest BCUT2D eigenvalue weighted by Gasteiger charge is -2.39. The fourth-order valence-electron chi connectivity index (χ4n) is 2.51. The fraction of sp³-hybridized carbons (Fsp3) is 0.571. The lowest BCUT2D eigenvalue weighted by Crippen LogP contribution is -2.38. The van der Waals surface area contributed by atoms with Crippen LogP contribution >= 0.6 is 11.8 Å². The van der Waals surface area contributed by atoms with Crippen LogP contribution in [0.1, 0.15) is 37.5 Å². The van der Waals surface area contributed by atoms with Crippen LogP contribution in [0, 0.1) is 0 Å². The molecule has 0 bridgehead atoms. The van der Waals surface area contributed by atoms with Crippen LogP contribution in [0.3, 0.4) is 0 Å².